The van der Waals surface area contributed by atoms with Gasteiger partial charge in [0.15, 0.2) is 5.76 Å². The molecule has 0 aliphatic carbocycles. The van der Waals surface area contributed by atoms with Crippen LogP contribution < -0.4 is 10.2 Å². The van der Waals surface area contributed by atoms with Gasteiger partial charge in [-0.05, 0) is 48.0 Å². The fourth-order valence-corrected chi connectivity index (χ4v) is 2.89. The van der Waals surface area contributed by atoms with Gasteiger partial charge in [-0.2, -0.15) is 0 Å². The number of furan rings is 1. The third-order valence-electron chi connectivity index (χ3n) is 3.85. The van der Waals surface area contributed by atoms with Gasteiger partial charge in [0.2, 0.25) is 16.9 Å². The van der Waals surface area contributed by atoms with Crippen molar-refractivity contribution in [2.24, 2.45) is 0 Å². The van der Waals surface area contributed by atoms with Gasteiger partial charge in [0.05, 0.1) is 11.6 Å². The number of hydrogen-bond donors (Lipinski definition) is 0. The van der Waals surface area contributed by atoms with E-state index in [-0.39, 0.29) is 23.5 Å². The summed E-state index contributed by atoms with van der Waals surface area (Å²) in [5.74, 6) is 0.721. The topological polar surface area (TPSA) is 52.6 Å². The molecule has 0 bridgehead atoms. The quantitative estimate of drug-likeness (QED) is 0.435. The molecule has 130 valence electrons. The van der Waals surface area contributed by atoms with E-state index in [2.05, 4.69) is 0 Å². The minimum atomic E-state index is -0.311. The molecule has 0 unspecified atom stereocenters. The van der Waals surface area contributed by atoms with Gasteiger partial charge in [-0.3, -0.25) is 4.79 Å². The third-order valence-corrected chi connectivity index (χ3v) is 4.34. The van der Waals surface area contributed by atoms with Crippen LogP contribution in [0.5, 0.6) is 5.75 Å². The third kappa shape index (κ3) is 3.21. The largest absolute Gasteiger partial charge is 0.481 e. The Morgan fingerprint density at radius 1 is 0.962 bits per heavy atom. The van der Waals surface area contributed by atoms with Gasteiger partial charge in [0.1, 0.15) is 12.2 Å². The lowest BCUT2D eigenvalue weighted by Gasteiger charge is -2.10. The normalized spacial score (nSPS) is 11.0. The van der Waals surface area contributed by atoms with Gasteiger partial charge < -0.3 is 13.6 Å². The molecule has 0 saturated carbocycles. The molecule has 2 heterocycles. The summed E-state index contributed by atoms with van der Waals surface area (Å²) in [4.78, 5) is 13.0. The number of benzene rings is 2. The Hall–Kier alpha value is -2.69. The van der Waals surface area contributed by atoms with Crippen LogP contribution in [0.15, 0.2) is 74.5 Å². The van der Waals surface area contributed by atoms with Crippen molar-refractivity contribution in [3.05, 3.63) is 86.7 Å². The average molecular weight is 387 g/mol. The molecule has 4 nitrogen and oxygen atoms in total. The van der Waals surface area contributed by atoms with Gasteiger partial charge in [-0.25, -0.2) is 0 Å². The lowest BCUT2D eigenvalue weighted by Crippen LogP contribution is -2.10. The molecule has 0 fully saturated rings. The summed E-state index contributed by atoms with van der Waals surface area (Å²) in [6.45, 7) is 0.182. The maximum atomic E-state index is 13.0. The molecule has 0 N–H and O–H groups in total. The van der Waals surface area contributed by atoms with Gasteiger partial charge >= 0.3 is 0 Å². The zero-order valence-corrected chi connectivity index (χ0v) is 14.9. The standard InChI is InChI=1S/C20H12Cl2O4/c21-13-5-3-12(4-6-13)11-25-20-18(23)15-10-14(22)7-8-16(15)26-19(20)17-2-1-9-24-17/h1-10H,11H2. The maximum absolute atomic E-state index is 13.0. The van der Waals surface area contributed by atoms with E-state index < -0.39 is 0 Å². The number of rotatable bonds is 4. The molecule has 0 amide bonds. The first-order chi connectivity index (χ1) is 12.6. The Kier molecular flexibility index (Phi) is 4.45. The summed E-state index contributed by atoms with van der Waals surface area (Å²) >= 11 is 11.9. The maximum Gasteiger partial charge on any atom is 0.235 e. The van der Waals surface area contributed by atoms with Crippen LogP contribution in [0.1, 0.15) is 5.56 Å². The van der Waals surface area contributed by atoms with E-state index in [1.165, 1.54) is 6.26 Å². The first-order valence-corrected chi connectivity index (χ1v) is 8.55. The number of hydrogen-bond acceptors (Lipinski definition) is 4. The second-order valence-corrected chi connectivity index (χ2v) is 6.50. The molecule has 26 heavy (non-hydrogen) atoms. The van der Waals surface area contributed by atoms with Crippen LogP contribution in [-0.4, -0.2) is 0 Å². The van der Waals surface area contributed by atoms with Crippen LogP contribution in [0, 0.1) is 0 Å². The van der Waals surface area contributed by atoms with Crippen LogP contribution >= 0.6 is 23.2 Å². The Morgan fingerprint density at radius 3 is 2.46 bits per heavy atom. The summed E-state index contributed by atoms with van der Waals surface area (Å²) in [6, 6.07) is 15.5. The number of fused-ring (bicyclic) bond motifs is 1. The van der Waals surface area contributed by atoms with Crippen molar-refractivity contribution in [3.63, 3.8) is 0 Å². The van der Waals surface area contributed by atoms with Crippen molar-refractivity contribution in [1.82, 2.24) is 0 Å². The first-order valence-electron chi connectivity index (χ1n) is 7.79. The fraction of sp³-hybridized carbons (Fsp3) is 0.0500. The predicted octanol–water partition coefficient (Wildman–Crippen LogP) is 5.94. The van der Waals surface area contributed by atoms with E-state index >= 15 is 0 Å². The Bertz CT molecular complexity index is 1110. The summed E-state index contributed by atoms with van der Waals surface area (Å²) in [5, 5.41) is 1.42. The predicted molar refractivity (Wildman–Crippen MR) is 101 cm³/mol. The monoisotopic (exact) mass is 386 g/mol. The highest BCUT2D eigenvalue weighted by Crippen LogP contribution is 2.32. The number of halogens is 2. The SMILES string of the molecule is O=c1c(OCc2ccc(Cl)cc2)c(-c2ccco2)oc2ccc(Cl)cc12. The molecule has 0 atom stereocenters. The van der Waals surface area contributed by atoms with Gasteiger partial charge in [-0.1, -0.05) is 35.3 Å². The molecule has 2 aromatic heterocycles. The Labute approximate surface area is 158 Å². The molecule has 6 heteroatoms. The van der Waals surface area contributed by atoms with Gasteiger partial charge in [-0.15, -0.1) is 0 Å². The summed E-state index contributed by atoms with van der Waals surface area (Å²) < 4.78 is 17.1. The summed E-state index contributed by atoms with van der Waals surface area (Å²) in [6.07, 6.45) is 1.50. The van der Waals surface area contributed by atoms with E-state index in [1.807, 2.05) is 12.1 Å². The highest BCUT2D eigenvalue weighted by atomic mass is 35.5. The molecular weight excluding hydrogens is 375 g/mol. The van der Waals surface area contributed by atoms with E-state index in [0.29, 0.717) is 26.8 Å². The van der Waals surface area contributed by atoms with Crippen molar-refractivity contribution in [2.45, 2.75) is 6.61 Å². The van der Waals surface area contributed by atoms with E-state index in [1.54, 1.807) is 42.5 Å². The van der Waals surface area contributed by atoms with Crippen LogP contribution in [0.25, 0.3) is 22.5 Å². The van der Waals surface area contributed by atoms with Crippen molar-refractivity contribution >= 4 is 34.2 Å². The highest BCUT2D eigenvalue weighted by molar-refractivity contribution is 6.31. The second kappa shape index (κ2) is 6.90. The van der Waals surface area contributed by atoms with Crippen molar-refractivity contribution in [2.75, 3.05) is 0 Å². The highest BCUT2D eigenvalue weighted by Gasteiger charge is 2.20. The van der Waals surface area contributed by atoms with Crippen LogP contribution in [0.4, 0.5) is 0 Å². The fourth-order valence-electron chi connectivity index (χ4n) is 2.59. The molecule has 0 spiro atoms. The van der Waals surface area contributed by atoms with E-state index in [9.17, 15) is 4.79 Å². The summed E-state index contributed by atoms with van der Waals surface area (Å²) in [5.41, 5.74) is 0.962. The smallest absolute Gasteiger partial charge is 0.235 e. The molecule has 4 aromatic rings. The van der Waals surface area contributed by atoms with Gasteiger partial charge in [0.25, 0.3) is 0 Å². The molecule has 0 aliphatic heterocycles. The zero-order chi connectivity index (χ0) is 18.1. The minimum absolute atomic E-state index is 0.0738. The van der Waals surface area contributed by atoms with Crippen molar-refractivity contribution < 1.29 is 13.6 Å². The average Bonchev–Trinajstić information content (AvgIpc) is 3.17. The van der Waals surface area contributed by atoms with Crippen LogP contribution in [0.2, 0.25) is 10.0 Å². The molecule has 2 aromatic carbocycles. The molecular formula is C20H12Cl2O4. The molecule has 4 rings (SSSR count). The molecule has 0 aliphatic rings. The van der Waals surface area contributed by atoms with Crippen LogP contribution in [-0.2, 0) is 6.61 Å². The lowest BCUT2D eigenvalue weighted by molar-refractivity contribution is 0.296. The van der Waals surface area contributed by atoms with Crippen LogP contribution in [0.3, 0.4) is 0 Å². The van der Waals surface area contributed by atoms with E-state index in [4.69, 9.17) is 36.8 Å². The number of ether oxygens (including phenoxy) is 1. The zero-order valence-electron chi connectivity index (χ0n) is 13.4. The Balaban J connectivity index is 1.82. The van der Waals surface area contributed by atoms with Gasteiger partial charge in [0, 0.05) is 10.0 Å². The minimum Gasteiger partial charge on any atom is -0.481 e. The van der Waals surface area contributed by atoms with E-state index in [0.717, 1.165) is 5.56 Å². The second-order valence-electron chi connectivity index (χ2n) is 5.62. The molecule has 0 saturated heterocycles. The molecule has 0 radical (unpaired) electrons. The van der Waals surface area contributed by atoms with Crippen molar-refractivity contribution in [3.8, 4) is 17.3 Å². The lowest BCUT2D eigenvalue weighted by atomic mass is 10.2. The first kappa shape index (κ1) is 16.8. The van der Waals surface area contributed by atoms with Crippen molar-refractivity contribution in [1.29, 1.82) is 0 Å². The Morgan fingerprint density at radius 2 is 1.73 bits per heavy atom. The summed E-state index contributed by atoms with van der Waals surface area (Å²) in [7, 11) is 0.